The van der Waals surface area contributed by atoms with Crippen molar-refractivity contribution >= 4 is 32.6 Å². The Bertz CT molecular complexity index is 1460. The second kappa shape index (κ2) is 10.1. The van der Waals surface area contributed by atoms with Gasteiger partial charge in [-0.3, -0.25) is 14.9 Å². The smallest absolute Gasteiger partial charge is 0.324 e. The summed E-state index contributed by atoms with van der Waals surface area (Å²) in [5.74, 6) is -0.760. The number of benzene rings is 3. The van der Waals surface area contributed by atoms with Crippen LogP contribution in [0.2, 0.25) is 0 Å². The van der Waals surface area contributed by atoms with Crippen molar-refractivity contribution in [3.8, 4) is 0 Å². The third kappa shape index (κ3) is 5.73. The van der Waals surface area contributed by atoms with Crippen LogP contribution in [0.1, 0.15) is 16.7 Å². The number of rotatable bonds is 9. The molecule has 0 aliphatic rings. The Morgan fingerprint density at radius 2 is 1.74 bits per heavy atom. The molecule has 180 valence electrons. The van der Waals surface area contributed by atoms with Gasteiger partial charge in [0.15, 0.2) is 0 Å². The van der Waals surface area contributed by atoms with Gasteiger partial charge in [-0.15, -0.1) is 0 Å². The van der Waals surface area contributed by atoms with E-state index < -0.39 is 27.0 Å². The molecule has 3 aromatic carbocycles. The van der Waals surface area contributed by atoms with Crippen molar-refractivity contribution in [3.63, 3.8) is 0 Å². The van der Waals surface area contributed by atoms with E-state index in [2.05, 4.69) is 9.71 Å². The minimum Gasteiger partial charge on any atom is -0.460 e. The highest BCUT2D eigenvalue weighted by Gasteiger charge is 2.28. The zero-order valence-electron chi connectivity index (χ0n) is 18.8. The first kappa shape index (κ1) is 24.1. The van der Waals surface area contributed by atoms with E-state index >= 15 is 0 Å². The lowest BCUT2D eigenvalue weighted by atomic mass is 10.1. The van der Waals surface area contributed by atoms with E-state index in [0.717, 1.165) is 22.0 Å². The van der Waals surface area contributed by atoms with Crippen molar-refractivity contribution in [2.24, 2.45) is 0 Å². The number of nitro benzene ring substituents is 1. The summed E-state index contributed by atoms with van der Waals surface area (Å²) in [4.78, 5) is 26.5. The summed E-state index contributed by atoms with van der Waals surface area (Å²) in [7, 11) is -4.01. The number of aromatic amines is 1. The molecule has 0 unspecified atom stereocenters. The van der Waals surface area contributed by atoms with Gasteiger partial charge in [0.25, 0.3) is 5.69 Å². The molecule has 1 heterocycles. The number of esters is 1. The van der Waals surface area contributed by atoms with Gasteiger partial charge in [-0.05, 0) is 48.4 Å². The summed E-state index contributed by atoms with van der Waals surface area (Å²) in [6.45, 7) is 1.69. The van der Waals surface area contributed by atoms with E-state index in [1.165, 1.54) is 36.4 Å². The number of non-ortho nitro benzene ring substituents is 1. The minimum absolute atomic E-state index is 0.0372. The summed E-state index contributed by atoms with van der Waals surface area (Å²) >= 11 is 0. The normalized spacial score (nSPS) is 12.4. The van der Waals surface area contributed by atoms with Gasteiger partial charge < -0.3 is 9.72 Å². The molecule has 1 atom stereocenters. The Morgan fingerprint density at radius 1 is 1.06 bits per heavy atom. The number of ether oxygens (including phenoxy) is 1. The lowest BCUT2D eigenvalue weighted by Gasteiger charge is -2.18. The lowest BCUT2D eigenvalue weighted by Crippen LogP contribution is -2.43. The number of para-hydroxylation sites is 1. The van der Waals surface area contributed by atoms with Gasteiger partial charge in [0.05, 0.1) is 9.82 Å². The van der Waals surface area contributed by atoms with E-state index in [0.29, 0.717) is 5.56 Å². The first-order chi connectivity index (χ1) is 16.7. The molecule has 0 saturated carbocycles. The monoisotopic (exact) mass is 493 g/mol. The van der Waals surface area contributed by atoms with E-state index in [-0.39, 0.29) is 23.6 Å². The summed E-state index contributed by atoms with van der Waals surface area (Å²) in [6, 6.07) is 18.2. The fourth-order valence-corrected chi connectivity index (χ4v) is 4.82. The number of hydrogen-bond donors (Lipinski definition) is 2. The van der Waals surface area contributed by atoms with Crippen molar-refractivity contribution in [1.82, 2.24) is 9.71 Å². The Kier molecular flexibility index (Phi) is 6.94. The highest BCUT2D eigenvalue weighted by molar-refractivity contribution is 7.89. The molecule has 4 rings (SSSR count). The number of hydrogen-bond acceptors (Lipinski definition) is 6. The van der Waals surface area contributed by atoms with E-state index in [9.17, 15) is 23.3 Å². The zero-order valence-corrected chi connectivity index (χ0v) is 19.6. The second-order valence-electron chi connectivity index (χ2n) is 8.08. The molecule has 35 heavy (non-hydrogen) atoms. The average molecular weight is 494 g/mol. The number of nitrogens with zero attached hydrogens (tertiary/aromatic N) is 1. The van der Waals surface area contributed by atoms with Crippen molar-refractivity contribution in [2.45, 2.75) is 30.9 Å². The summed E-state index contributed by atoms with van der Waals surface area (Å²) in [5, 5.41) is 11.7. The minimum atomic E-state index is -4.01. The number of nitro groups is 1. The van der Waals surface area contributed by atoms with Crippen molar-refractivity contribution in [2.75, 3.05) is 0 Å². The SMILES string of the molecule is Cc1ccc(S(=O)(=O)N[C@@H](Cc2c[nH]c3ccccc23)C(=O)OCc2ccc([N+](=O)[O-])cc2)cc1. The first-order valence-electron chi connectivity index (χ1n) is 10.8. The van der Waals surface area contributed by atoms with Crippen molar-refractivity contribution in [1.29, 1.82) is 0 Å². The molecule has 0 fully saturated rings. The van der Waals surface area contributed by atoms with Crippen LogP contribution in [0.4, 0.5) is 5.69 Å². The molecular formula is C25H23N3O6S. The van der Waals surface area contributed by atoms with Crippen LogP contribution in [0.5, 0.6) is 0 Å². The van der Waals surface area contributed by atoms with Crippen LogP contribution >= 0.6 is 0 Å². The molecule has 0 saturated heterocycles. The van der Waals surface area contributed by atoms with Gasteiger partial charge >= 0.3 is 5.97 Å². The van der Waals surface area contributed by atoms with Crippen LogP contribution in [0.25, 0.3) is 10.9 Å². The zero-order chi connectivity index (χ0) is 25.0. The number of nitrogens with one attached hydrogen (secondary N) is 2. The van der Waals surface area contributed by atoms with Crippen molar-refractivity contribution < 1.29 is 22.9 Å². The largest absolute Gasteiger partial charge is 0.460 e. The Morgan fingerprint density at radius 3 is 2.43 bits per heavy atom. The van der Waals surface area contributed by atoms with E-state index in [1.807, 2.05) is 31.2 Å². The standard InChI is InChI=1S/C25H23N3O6S/c1-17-6-12-21(13-7-17)35(32,33)27-24(14-19-15-26-23-5-3-2-4-22(19)23)25(29)34-16-18-8-10-20(11-9-18)28(30)31/h2-13,15,24,26-27H,14,16H2,1H3/t24-/m0/s1. The third-order valence-corrected chi connectivity index (χ3v) is 7.03. The average Bonchev–Trinajstić information content (AvgIpc) is 3.25. The summed E-state index contributed by atoms with van der Waals surface area (Å²) in [5.41, 5.74) is 2.98. The third-order valence-electron chi connectivity index (χ3n) is 5.54. The fraction of sp³-hybridized carbons (Fsp3) is 0.160. The molecule has 1 aromatic heterocycles. The van der Waals surface area contributed by atoms with Gasteiger partial charge in [0, 0.05) is 35.7 Å². The number of fused-ring (bicyclic) bond motifs is 1. The molecule has 4 aromatic rings. The number of aromatic nitrogens is 1. The van der Waals surface area contributed by atoms with Gasteiger partial charge in [-0.25, -0.2) is 8.42 Å². The van der Waals surface area contributed by atoms with Crippen LogP contribution in [0.3, 0.4) is 0 Å². The number of sulfonamides is 1. The second-order valence-corrected chi connectivity index (χ2v) is 9.80. The van der Waals surface area contributed by atoms with E-state index in [4.69, 9.17) is 4.74 Å². The number of carbonyl (C=O) groups is 1. The predicted molar refractivity (Wildman–Crippen MR) is 130 cm³/mol. The van der Waals surface area contributed by atoms with Gasteiger partial charge in [0.2, 0.25) is 10.0 Å². The molecule has 0 aliphatic carbocycles. The molecule has 0 aliphatic heterocycles. The number of aryl methyl sites for hydroxylation is 1. The maximum absolute atomic E-state index is 13.0. The Labute approximate surface area is 201 Å². The van der Waals surface area contributed by atoms with Crippen LogP contribution in [0.15, 0.2) is 83.9 Å². The molecule has 0 spiro atoms. The van der Waals surface area contributed by atoms with Crippen LogP contribution in [-0.4, -0.2) is 30.3 Å². The van der Waals surface area contributed by atoms with E-state index in [1.54, 1.807) is 18.3 Å². The summed E-state index contributed by atoms with van der Waals surface area (Å²) in [6.07, 6.45) is 1.80. The van der Waals surface area contributed by atoms with Crippen LogP contribution in [0, 0.1) is 17.0 Å². The van der Waals surface area contributed by atoms with Crippen LogP contribution in [-0.2, 0) is 32.6 Å². The molecular weight excluding hydrogens is 470 g/mol. The van der Waals surface area contributed by atoms with Gasteiger partial charge in [-0.2, -0.15) is 4.72 Å². The fourth-order valence-electron chi connectivity index (χ4n) is 3.64. The Balaban J connectivity index is 1.56. The molecule has 0 bridgehead atoms. The number of carbonyl (C=O) groups excluding carboxylic acids is 1. The maximum atomic E-state index is 13.0. The van der Waals surface area contributed by atoms with Gasteiger partial charge in [-0.1, -0.05) is 35.9 Å². The quantitative estimate of drug-likeness (QED) is 0.206. The molecule has 0 amide bonds. The molecule has 0 radical (unpaired) electrons. The Hall–Kier alpha value is -4.02. The van der Waals surface area contributed by atoms with Crippen molar-refractivity contribution in [3.05, 3.63) is 106 Å². The van der Waals surface area contributed by atoms with Crippen LogP contribution < -0.4 is 4.72 Å². The lowest BCUT2D eigenvalue weighted by molar-refractivity contribution is -0.384. The maximum Gasteiger partial charge on any atom is 0.324 e. The number of H-pyrrole nitrogens is 1. The molecule has 9 nitrogen and oxygen atoms in total. The van der Waals surface area contributed by atoms with Gasteiger partial charge in [0.1, 0.15) is 12.6 Å². The topological polar surface area (TPSA) is 131 Å². The molecule has 2 N–H and O–H groups in total. The first-order valence-corrected chi connectivity index (χ1v) is 12.3. The highest BCUT2D eigenvalue weighted by Crippen LogP contribution is 2.21. The molecule has 10 heteroatoms. The predicted octanol–water partition coefficient (Wildman–Crippen LogP) is 4.02. The summed E-state index contributed by atoms with van der Waals surface area (Å²) < 4.78 is 34.0. The highest BCUT2D eigenvalue weighted by atomic mass is 32.2.